The first-order chi connectivity index (χ1) is 34.8. The second-order valence-electron chi connectivity index (χ2n) is 19.8. The number of sulfone groups is 1. The van der Waals surface area contributed by atoms with Crippen LogP contribution in [0.1, 0.15) is 110 Å². The molecule has 2 amide bonds. The van der Waals surface area contributed by atoms with Crippen LogP contribution in [-0.2, 0) is 68.9 Å². The van der Waals surface area contributed by atoms with Crippen LogP contribution in [0.4, 0.5) is 11.4 Å². The molecule has 1 fully saturated rings. The number of amides is 2. The van der Waals surface area contributed by atoms with Crippen LogP contribution < -0.4 is 9.62 Å². The van der Waals surface area contributed by atoms with Crippen molar-refractivity contribution in [3.63, 3.8) is 0 Å². The maximum Gasteiger partial charge on any atom is 0.333 e. The quantitative estimate of drug-likeness (QED) is 0.0400. The predicted octanol–water partition coefficient (Wildman–Crippen LogP) is 8.09. The fraction of sp³-hybridized carbons (Fsp3) is 0.527. The van der Waals surface area contributed by atoms with Gasteiger partial charge in [0.1, 0.15) is 6.54 Å². The first-order valence-electron chi connectivity index (χ1n) is 25.4. The van der Waals surface area contributed by atoms with Gasteiger partial charge in [-0.05, 0) is 99.2 Å². The van der Waals surface area contributed by atoms with E-state index in [4.69, 9.17) is 23.8 Å². The van der Waals surface area contributed by atoms with E-state index in [1.807, 2.05) is 18.2 Å². The van der Waals surface area contributed by atoms with E-state index in [1.165, 1.54) is 0 Å². The van der Waals surface area contributed by atoms with Gasteiger partial charge in [0.25, 0.3) is 11.8 Å². The molecule has 0 saturated carbocycles. The SMILES string of the molecule is CCCC[N+]1=C(C=CC=C2N(CCOCCOC)c3ccc(-c4ccc(S(=O)(=O)CCCOCCOC)cc4)cc3C2(C)C)C(C)(C)c2cc(S(=O)(=O)NC(C)CCCCC(=O)ON3C(=O)CCC3=O)ccc21. The van der Waals surface area contributed by atoms with Crippen molar-refractivity contribution in [2.75, 3.05) is 77.6 Å². The first-order valence-corrected chi connectivity index (χ1v) is 28.6. The summed E-state index contributed by atoms with van der Waals surface area (Å²) in [5.74, 6) is -1.75. The number of hydroxylamine groups is 2. The van der Waals surface area contributed by atoms with Gasteiger partial charge in [-0.25, -0.2) is 26.4 Å². The third kappa shape index (κ3) is 14.0. The molecule has 16 nitrogen and oxygen atoms in total. The Balaban J connectivity index is 1.19. The molecule has 1 unspecified atom stereocenters. The van der Waals surface area contributed by atoms with Crippen LogP contribution in [0.2, 0.25) is 0 Å². The molecule has 398 valence electrons. The molecule has 0 aliphatic carbocycles. The highest BCUT2D eigenvalue weighted by atomic mass is 32.2. The summed E-state index contributed by atoms with van der Waals surface area (Å²) in [7, 11) is -4.16. The summed E-state index contributed by atoms with van der Waals surface area (Å²) in [6, 6.07) is 18.4. The number of nitrogens with zero attached hydrogens (tertiary/aromatic N) is 3. The van der Waals surface area contributed by atoms with Gasteiger partial charge in [-0.2, -0.15) is 4.58 Å². The molecular formula is C55H75N4O12S2+. The highest BCUT2D eigenvalue weighted by Crippen LogP contribution is 2.49. The van der Waals surface area contributed by atoms with E-state index < -0.39 is 54.5 Å². The standard InChI is InChI=1S/C55H75N4O12S2/c1-9-10-29-57-48-26-24-44(73(65,66)56-40(2)15-11-12-18-53(62)71-59-51(60)27-28-52(59)61)39-46(48)55(5,6)49(57)16-13-17-50-54(3,4)45-38-42(21-25-47(45)58(50)30-32-70-36-34-68-8)41-19-22-43(23-20-41)72(63,64)37-14-31-69-35-33-67-7/h13,16-17,19-26,38-40,56H,9-12,14-15,18,27-37H2,1-8H3/q+1. The van der Waals surface area contributed by atoms with Crippen molar-refractivity contribution >= 4 is 54.7 Å². The molecule has 1 atom stereocenters. The number of methoxy groups -OCH3 is 2. The summed E-state index contributed by atoms with van der Waals surface area (Å²) < 4.78 is 80.9. The Morgan fingerprint density at radius 3 is 2.10 bits per heavy atom. The number of allylic oxidation sites excluding steroid dienone is 4. The van der Waals surface area contributed by atoms with E-state index in [0.29, 0.717) is 76.9 Å². The fourth-order valence-electron chi connectivity index (χ4n) is 9.59. The van der Waals surface area contributed by atoms with Gasteiger partial charge in [0.15, 0.2) is 15.5 Å². The van der Waals surface area contributed by atoms with Crippen molar-refractivity contribution in [2.24, 2.45) is 0 Å². The Morgan fingerprint density at radius 1 is 0.767 bits per heavy atom. The van der Waals surface area contributed by atoms with Gasteiger partial charge in [-0.15, -0.1) is 5.06 Å². The highest BCUT2D eigenvalue weighted by Gasteiger charge is 2.45. The minimum Gasteiger partial charge on any atom is -0.382 e. The zero-order chi connectivity index (χ0) is 53.0. The normalized spacial score (nSPS) is 17.3. The lowest BCUT2D eigenvalue weighted by Crippen LogP contribution is -2.33. The molecule has 73 heavy (non-hydrogen) atoms. The number of carbonyl (C=O) groups excluding carboxylic acids is 3. The third-order valence-corrected chi connectivity index (χ3v) is 17.1. The number of rotatable bonds is 29. The molecule has 1 saturated heterocycles. The zero-order valence-electron chi connectivity index (χ0n) is 43.9. The van der Waals surface area contributed by atoms with Crippen molar-refractivity contribution in [2.45, 2.75) is 126 Å². The van der Waals surface area contributed by atoms with Crippen LogP contribution >= 0.6 is 0 Å². The molecule has 3 aromatic carbocycles. The lowest BCUT2D eigenvalue weighted by atomic mass is 9.81. The summed E-state index contributed by atoms with van der Waals surface area (Å²) in [4.78, 5) is 43.5. The Hall–Kier alpha value is -5.08. The Kier molecular flexibility index (Phi) is 19.9. The van der Waals surface area contributed by atoms with Gasteiger partial charge >= 0.3 is 5.97 Å². The van der Waals surface area contributed by atoms with Gasteiger partial charge in [0, 0.05) is 93.6 Å². The Morgan fingerprint density at radius 2 is 1.42 bits per heavy atom. The van der Waals surface area contributed by atoms with Gasteiger partial charge in [0.2, 0.25) is 15.7 Å². The van der Waals surface area contributed by atoms with Gasteiger partial charge in [-0.1, -0.05) is 57.9 Å². The number of ether oxygens (including phenoxy) is 4. The minimum absolute atomic E-state index is 0.00459. The van der Waals surface area contributed by atoms with Crippen LogP contribution in [0.15, 0.2) is 94.4 Å². The van der Waals surface area contributed by atoms with Crippen molar-refractivity contribution < 1.29 is 59.6 Å². The number of hydrogen-bond donors (Lipinski definition) is 1. The molecule has 0 aromatic heterocycles. The summed E-state index contributed by atoms with van der Waals surface area (Å²) in [6.45, 7) is 16.6. The largest absolute Gasteiger partial charge is 0.382 e. The molecule has 18 heteroatoms. The van der Waals surface area contributed by atoms with Crippen LogP contribution in [0.3, 0.4) is 0 Å². The summed E-state index contributed by atoms with van der Waals surface area (Å²) in [5.41, 5.74) is 7.08. The van der Waals surface area contributed by atoms with Crippen LogP contribution in [-0.4, -0.2) is 129 Å². The molecular weight excluding hydrogens is 973 g/mol. The molecule has 0 radical (unpaired) electrons. The van der Waals surface area contributed by atoms with Gasteiger partial charge in [0.05, 0.1) is 54.0 Å². The van der Waals surface area contributed by atoms with E-state index in [1.54, 1.807) is 45.4 Å². The Labute approximate surface area is 432 Å². The van der Waals surface area contributed by atoms with Crippen molar-refractivity contribution in [1.29, 1.82) is 0 Å². The second-order valence-corrected chi connectivity index (χ2v) is 23.7. The Bertz CT molecular complexity index is 2750. The molecule has 0 spiro atoms. The molecule has 3 aliphatic rings. The summed E-state index contributed by atoms with van der Waals surface area (Å²) >= 11 is 0. The zero-order valence-corrected chi connectivity index (χ0v) is 45.5. The number of nitrogens with one attached hydrogen (secondary N) is 1. The average Bonchev–Trinajstić information content (AvgIpc) is 3.87. The van der Waals surface area contributed by atoms with E-state index in [2.05, 4.69) is 85.2 Å². The number of unbranched alkanes of at least 4 members (excludes halogenated alkanes) is 2. The lowest BCUT2D eigenvalue weighted by Gasteiger charge is -2.27. The second kappa shape index (κ2) is 25.4. The molecule has 6 rings (SSSR count). The number of fused-ring (bicyclic) bond motifs is 2. The predicted molar refractivity (Wildman–Crippen MR) is 281 cm³/mol. The van der Waals surface area contributed by atoms with E-state index in [9.17, 15) is 31.2 Å². The monoisotopic (exact) mass is 1050 g/mol. The maximum atomic E-state index is 13.9. The molecule has 1 N–H and O–H groups in total. The van der Waals surface area contributed by atoms with E-state index in [0.717, 1.165) is 64.4 Å². The average molecular weight is 1050 g/mol. The summed E-state index contributed by atoms with van der Waals surface area (Å²) in [6.07, 6.45) is 10.1. The van der Waals surface area contributed by atoms with Crippen molar-refractivity contribution in [1.82, 2.24) is 9.79 Å². The maximum absolute atomic E-state index is 13.9. The highest BCUT2D eigenvalue weighted by molar-refractivity contribution is 7.91. The fourth-order valence-corrected chi connectivity index (χ4v) is 12.2. The van der Waals surface area contributed by atoms with Crippen LogP contribution in [0.25, 0.3) is 11.1 Å². The van der Waals surface area contributed by atoms with Crippen molar-refractivity contribution in [3.05, 3.63) is 95.7 Å². The lowest BCUT2D eigenvalue weighted by molar-refractivity contribution is -0.438. The molecule has 0 bridgehead atoms. The number of carbonyl (C=O) groups is 3. The number of anilines is 1. The molecule has 3 heterocycles. The summed E-state index contributed by atoms with van der Waals surface area (Å²) in [5, 5.41) is 0.535. The van der Waals surface area contributed by atoms with E-state index >= 15 is 0 Å². The number of imide groups is 1. The van der Waals surface area contributed by atoms with Gasteiger partial charge in [-0.3, -0.25) is 9.59 Å². The minimum atomic E-state index is -3.92. The number of sulfonamides is 1. The van der Waals surface area contributed by atoms with E-state index in [-0.39, 0.29) is 34.8 Å². The first kappa shape index (κ1) is 57.2. The number of benzene rings is 3. The van der Waals surface area contributed by atoms with Gasteiger partial charge < -0.3 is 28.7 Å². The number of hydrogen-bond acceptors (Lipinski definition) is 13. The topological polar surface area (TPSA) is 187 Å². The smallest absolute Gasteiger partial charge is 0.333 e. The molecule has 3 aliphatic heterocycles. The van der Waals surface area contributed by atoms with Crippen LogP contribution in [0.5, 0.6) is 0 Å². The third-order valence-electron chi connectivity index (χ3n) is 13.7. The van der Waals surface area contributed by atoms with Crippen molar-refractivity contribution in [3.8, 4) is 11.1 Å². The molecule has 3 aromatic rings. The van der Waals surface area contributed by atoms with Crippen LogP contribution in [0, 0.1) is 0 Å².